The van der Waals surface area contributed by atoms with Crippen molar-refractivity contribution in [2.45, 2.75) is 62.5 Å². The Labute approximate surface area is 145 Å². The molecule has 1 spiro atoms. The van der Waals surface area contributed by atoms with Gasteiger partial charge in [-0.15, -0.1) is 0 Å². The van der Waals surface area contributed by atoms with Gasteiger partial charge in [0.15, 0.2) is 5.79 Å². The van der Waals surface area contributed by atoms with Crippen molar-refractivity contribution in [1.82, 2.24) is 4.72 Å². The molecule has 1 unspecified atom stereocenters. The standard InChI is InChI=1S/C18H26FNO3S/c1-16(2,3)24(21)20-17(14-6-4-5-7-15(14)19)8-10-18(11-9-17)22-12-13-23-18/h4-7,20H,8-13H2,1-3H3. The Balaban J connectivity index is 1.91. The molecular formula is C18H26FNO3S. The number of ether oxygens (including phenoxy) is 2. The van der Waals surface area contributed by atoms with Gasteiger partial charge in [0.1, 0.15) is 5.82 Å². The van der Waals surface area contributed by atoms with E-state index in [1.807, 2.05) is 26.8 Å². The van der Waals surface area contributed by atoms with E-state index in [4.69, 9.17) is 9.47 Å². The fourth-order valence-electron chi connectivity index (χ4n) is 3.45. The number of rotatable bonds is 3. The molecule has 1 heterocycles. The van der Waals surface area contributed by atoms with E-state index in [0.717, 1.165) is 0 Å². The van der Waals surface area contributed by atoms with Gasteiger partial charge in [-0.2, -0.15) is 0 Å². The molecule has 0 bridgehead atoms. The summed E-state index contributed by atoms with van der Waals surface area (Å²) in [5.74, 6) is -0.806. The van der Waals surface area contributed by atoms with Crippen molar-refractivity contribution in [2.75, 3.05) is 13.2 Å². The van der Waals surface area contributed by atoms with Gasteiger partial charge in [-0.05, 0) is 39.7 Å². The molecule has 1 N–H and O–H groups in total. The average molecular weight is 355 g/mol. The summed E-state index contributed by atoms with van der Waals surface area (Å²) in [6.07, 6.45) is 2.57. The Hall–Kier alpha value is -0.820. The molecule has 2 aliphatic rings. The zero-order chi connectivity index (χ0) is 17.4. The molecule has 24 heavy (non-hydrogen) atoms. The van der Waals surface area contributed by atoms with E-state index in [9.17, 15) is 8.60 Å². The second-order valence-electron chi connectivity index (χ2n) is 7.65. The fourth-order valence-corrected chi connectivity index (χ4v) is 4.42. The summed E-state index contributed by atoms with van der Waals surface area (Å²) in [5.41, 5.74) is -0.0835. The van der Waals surface area contributed by atoms with Crippen molar-refractivity contribution >= 4 is 11.0 Å². The predicted molar refractivity (Wildman–Crippen MR) is 92.2 cm³/mol. The summed E-state index contributed by atoms with van der Waals surface area (Å²) in [7, 11) is -1.29. The highest BCUT2D eigenvalue weighted by atomic mass is 32.2. The molecular weight excluding hydrogens is 329 g/mol. The molecule has 134 valence electrons. The molecule has 6 heteroatoms. The largest absolute Gasteiger partial charge is 0.348 e. The van der Waals surface area contributed by atoms with E-state index in [1.54, 1.807) is 12.1 Å². The van der Waals surface area contributed by atoms with Crippen LogP contribution in [-0.2, 0) is 26.0 Å². The van der Waals surface area contributed by atoms with Crippen molar-refractivity contribution in [3.8, 4) is 0 Å². The minimum absolute atomic E-state index is 0.264. The number of halogens is 1. The van der Waals surface area contributed by atoms with Crippen LogP contribution in [0.5, 0.6) is 0 Å². The molecule has 1 aliphatic carbocycles. The van der Waals surface area contributed by atoms with Crippen LogP contribution in [0.2, 0.25) is 0 Å². The molecule has 3 rings (SSSR count). The SMILES string of the molecule is CC(C)(C)S(=O)NC1(c2ccccc2F)CCC2(CC1)OCCO2. The molecule has 1 aromatic carbocycles. The summed E-state index contributed by atoms with van der Waals surface area (Å²) in [6.45, 7) is 6.96. The van der Waals surface area contributed by atoms with E-state index < -0.39 is 27.1 Å². The number of hydrogen-bond donors (Lipinski definition) is 1. The van der Waals surface area contributed by atoms with Gasteiger partial charge in [-0.3, -0.25) is 0 Å². The summed E-state index contributed by atoms with van der Waals surface area (Å²) in [5, 5.41) is 0. The lowest BCUT2D eigenvalue weighted by atomic mass is 9.75. The van der Waals surface area contributed by atoms with Crippen LogP contribution < -0.4 is 4.72 Å². The molecule has 1 aromatic rings. The highest BCUT2D eigenvalue weighted by molar-refractivity contribution is 7.84. The van der Waals surface area contributed by atoms with Gasteiger partial charge in [0.05, 0.1) is 34.5 Å². The fraction of sp³-hybridized carbons (Fsp3) is 0.667. The first kappa shape index (κ1) is 18.0. The second-order valence-corrected chi connectivity index (χ2v) is 9.62. The van der Waals surface area contributed by atoms with Crippen molar-refractivity contribution < 1.29 is 18.1 Å². The van der Waals surface area contributed by atoms with Gasteiger partial charge >= 0.3 is 0 Å². The van der Waals surface area contributed by atoms with Crippen LogP contribution in [0.4, 0.5) is 4.39 Å². The molecule has 4 nitrogen and oxygen atoms in total. The minimum Gasteiger partial charge on any atom is -0.348 e. The average Bonchev–Trinajstić information content (AvgIpc) is 2.98. The lowest BCUT2D eigenvalue weighted by Gasteiger charge is -2.45. The van der Waals surface area contributed by atoms with Gasteiger partial charge < -0.3 is 9.47 Å². The first-order valence-electron chi connectivity index (χ1n) is 8.49. The van der Waals surface area contributed by atoms with E-state index in [1.165, 1.54) is 6.07 Å². The maximum Gasteiger partial charge on any atom is 0.168 e. The monoisotopic (exact) mass is 355 g/mol. The second kappa shape index (κ2) is 6.48. The molecule has 1 atom stereocenters. The Morgan fingerprint density at radius 3 is 2.21 bits per heavy atom. The third kappa shape index (κ3) is 3.43. The van der Waals surface area contributed by atoms with Gasteiger partial charge in [-0.1, -0.05) is 18.2 Å². The van der Waals surface area contributed by atoms with Crippen LogP contribution in [0.3, 0.4) is 0 Å². The number of benzene rings is 1. The van der Waals surface area contributed by atoms with Crippen LogP contribution in [0.1, 0.15) is 52.0 Å². The molecule has 1 saturated carbocycles. The number of nitrogens with one attached hydrogen (secondary N) is 1. The first-order valence-corrected chi connectivity index (χ1v) is 9.64. The van der Waals surface area contributed by atoms with Crippen molar-refractivity contribution in [1.29, 1.82) is 0 Å². The summed E-state index contributed by atoms with van der Waals surface area (Å²) < 4.78 is 41.7. The maximum absolute atomic E-state index is 14.5. The Morgan fingerprint density at radius 2 is 1.67 bits per heavy atom. The van der Waals surface area contributed by atoms with Crippen molar-refractivity contribution in [3.05, 3.63) is 35.6 Å². The molecule has 0 aromatic heterocycles. The van der Waals surface area contributed by atoms with Gasteiger partial charge in [0.2, 0.25) is 0 Å². The zero-order valence-corrected chi connectivity index (χ0v) is 15.4. The quantitative estimate of drug-likeness (QED) is 0.904. The van der Waals surface area contributed by atoms with Crippen LogP contribution in [-0.4, -0.2) is 28.0 Å². The maximum atomic E-state index is 14.5. The zero-order valence-electron chi connectivity index (χ0n) is 14.6. The van der Waals surface area contributed by atoms with Gasteiger partial charge in [0.25, 0.3) is 0 Å². The van der Waals surface area contributed by atoms with E-state index in [2.05, 4.69) is 4.72 Å². The Morgan fingerprint density at radius 1 is 1.08 bits per heavy atom. The van der Waals surface area contributed by atoms with E-state index in [-0.39, 0.29) is 5.82 Å². The van der Waals surface area contributed by atoms with Gasteiger partial charge in [0, 0.05) is 18.4 Å². The summed E-state index contributed by atoms with van der Waals surface area (Å²) >= 11 is 0. The van der Waals surface area contributed by atoms with Crippen LogP contribution in [0, 0.1) is 5.82 Å². The predicted octanol–water partition coefficient (Wildman–Crippen LogP) is 3.39. The Bertz CT molecular complexity index is 613. The molecule has 0 radical (unpaired) electrons. The smallest absolute Gasteiger partial charge is 0.168 e. The lowest BCUT2D eigenvalue weighted by molar-refractivity contribution is -0.186. The third-order valence-electron chi connectivity index (χ3n) is 4.91. The highest BCUT2D eigenvalue weighted by Gasteiger charge is 2.49. The summed E-state index contributed by atoms with van der Waals surface area (Å²) in [4.78, 5) is 0. The van der Waals surface area contributed by atoms with E-state index in [0.29, 0.717) is 44.5 Å². The highest BCUT2D eigenvalue weighted by Crippen LogP contribution is 2.46. The van der Waals surface area contributed by atoms with Gasteiger partial charge in [-0.25, -0.2) is 13.3 Å². The van der Waals surface area contributed by atoms with Crippen molar-refractivity contribution in [3.63, 3.8) is 0 Å². The van der Waals surface area contributed by atoms with Crippen LogP contribution in [0.15, 0.2) is 24.3 Å². The molecule has 1 saturated heterocycles. The summed E-state index contributed by atoms with van der Waals surface area (Å²) in [6, 6.07) is 6.76. The Kier molecular flexibility index (Phi) is 4.86. The van der Waals surface area contributed by atoms with E-state index >= 15 is 0 Å². The molecule has 1 aliphatic heterocycles. The molecule has 2 fully saturated rings. The lowest BCUT2D eigenvalue weighted by Crippen LogP contribution is -2.53. The number of hydrogen-bond acceptors (Lipinski definition) is 3. The topological polar surface area (TPSA) is 47.6 Å². The first-order chi connectivity index (χ1) is 11.3. The van der Waals surface area contributed by atoms with Crippen LogP contribution >= 0.6 is 0 Å². The normalized spacial score (nSPS) is 24.2. The molecule has 0 amide bonds. The third-order valence-corrected chi connectivity index (χ3v) is 6.60. The van der Waals surface area contributed by atoms with Crippen molar-refractivity contribution in [2.24, 2.45) is 0 Å². The minimum atomic E-state index is -1.29. The van der Waals surface area contributed by atoms with Crippen LogP contribution in [0.25, 0.3) is 0 Å².